The fraction of sp³-hybridized carbons (Fsp3) is 0.929. The van der Waals surface area contributed by atoms with Gasteiger partial charge in [0, 0.05) is 25.0 Å². The van der Waals surface area contributed by atoms with Crippen LogP contribution in [0, 0.1) is 17.8 Å². The predicted octanol–water partition coefficient (Wildman–Crippen LogP) is 2.01. The third kappa shape index (κ3) is 3.01. The predicted molar refractivity (Wildman–Crippen MR) is 69.5 cm³/mol. The number of amides is 1. The van der Waals surface area contributed by atoms with Gasteiger partial charge in [-0.05, 0) is 43.9 Å². The Morgan fingerprint density at radius 1 is 1.12 bits per heavy atom. The Bertz CT molecular complexity index is 271. The lowest BCUT2D eigenvalue weighted by atomic mass is 9.79. The van der Waals surface area contributed by atoms with Gasteiger partial charge in [-0.1, -0.05) is 13.8 Å². The van der Waals surface area contributed by atoms with Crippen molar-refractivity contribution in [1.29, 1.82) is 0 Å². The van der Waals surface area contributed by atoms with Crippen LogP contribution in [0.2, 0.25) is 0 Å². The normalized spacial score (nSPS) is 35.9. The van der Waals surface area contributed by atoms with E-state index in [0.717, 1.165) is 38.3 Å². The smallest absolute Gasteiger partial charge is 0.225 e. The van der Waals surface area contributed by atoms with Crippen LogP contribution in [-0.4, -0.2) is 29.9 Å². The summed E-state index contributed by atoms with van der Waals surface area (Å²) in [5.74, 6) is 1.95. The van der Waals surface area contributed by atoms with Crippen molar-refractivity contribution >= 4 is 5.91 Å². The summed E-state index contributed by atoms with van der Waals surface area (Å²) in [7, 11) is 0. The van der Waals surface area contributed by atoms with Gasteiger partial charge in [0.15, 0.2) is 0 Å². The van der Waals surface area contributed by atoms with Crippen LogP contribution in [0.5, 0.6) is 0 Å². The molecule has 3 nitrogen and oxygen atoms in total. The number of carbonyl (C=O) groups excluding carboxylic acids is 1. The lowest BCUT2D eigenvalue weighted by molar-refractivity contribution is -0.138. The van der Waals surface area contributed by atoms with Crippen molar-refractivity contribution in [3.8, 4) is 0 Å². The van der Waals surface area contributed by atoms with Crippen molar-refractivity contribution in [2.45, 2.75) is 52.0 Å². The van der Waals surface area contributed by atoms with Crippen molar-refractivity contribution in [3.05, 3.63) is 0 Å². The number of rotatable bonds is 1. The SMILES string of the molecule is CC1CCN(C(=O)C2CCC(C)C(N)C2)CC1. The van der Waals surface area contributed by atoms with E-state index >= 15 is 0 Å². The summed E-state index contributed by atoms with van der Waals surface area (Å²) < 4.78 is 0. The van der Waals surface area contributed by atoms with E-state index in [1.807, 2.05) is 0 Å². The molecule has 1 aliphatic carbocycles. The van der Waals surface area contributed by atoms with E-state index in [0.29, 0.717) is 11.8 Å². The molecule has 0 radical (unpaired) electrons. The summed E-state index contributed by atoms with van der Waals surface area (Å²) >= 11 is 0. The molecule has 1 heterocycles. The van der Waals surface area contributed by atoms with Crippen LogP contribution < -0.4 is 5.73 Å². The number of likely N-dealkylation sites (tertiary alicyclic amines) is 1. The van der Waals surface area contributed by atoms with Gasteiger partial charge in [-0.25, -0.2) is 0 Å². The van der Waals surface area contributed by atoms with Gasteiger partial charge in [-0.3, -0.25) is 4.79 Å². The topological polar surface area (TPSA) is 46.3 Å². The molecule has 1 saturated heterocycles. The van der Waals surface area contributed by atoms with Crippen molar-refractivity contribution in [2.75, 3.05) is 13.1 Å². The van der Waals surface area contributed by atoms with Gasteiger partial charge < -0.3 is 10.6 Å². The lowest BCUT2D eigenvalue weighted by Crippen LogP contribution is -2.45. The average molecular weight is 238 g/mol. The Morgan fingerprint density at radius 3 is 2.35 bits per heavy atom. The summed E-state index contributed by atoms with van der Waals surface area (Å²) in [6.07, 6.45) is 5.38. The highest BCUT2D eigenvalue weighted by Crippen LogP contribution is 2.30. The van der Waals surface area contributed by atoms with E-state index in [2.05, 4.69) is 18.7 Å². The molecule has 1 aliphatic heterocycles. The molecule has 3 heteroatoms. The van der Waals surface area contributed by atoms with E-state index in [1.54, 1.807) is 0 Å². The molecule has 2 aliphatic rings. The molecule has 1 saturated carbocycles. The maximum absolute atomic E-state index is 12.4. The van der Waals surface area contributed by atoms with E-state index in [9.17, 15) is 4.79 Å². The summed E-state index contributed by atoms with van der Waals surface area (Å²) in [6, 6.07) is 0.224. The summed E-state index contributed by atoms with van der Waals surface area (Å²) in [5.41, 5.74) is 6.09. The van der Waals surface area contributed by atoms with Gasteiger partial charge in [-0.15, -0.1) is 0 Å². The zero-order valence-electron chi connectivity index (χ0n) is 11.2. The third-order valence-electron chi connectivity index (χ3n) is 4.70. The molecule has 17 heavy (non-hydrogen) atoms. The Morgan fingerprint density at radius 2 is 1.76 bits per heavy atom. The van der Waals surface area contributed by atoms with Crippen LogP contribution in [0.3, 0.4) is 0 Å². The molecular weight excluding hydrogens is 212 g/mol. The Kier molecular flexibility index (Phi) is 4.08. The number of carbonyl (C=O) groups is 1. The van der Waals surface area contributed by atoms with Crippen molar-refractivity contribution < 1.29 is 4.79 Å². The molecule has 1 amide bonds. The molecule has 3 unspecified atom stereocenters. The molecular formula is C14H26N2O. The number of hydrogen-bond acceptors (Lipinski definition) is 2. The minimum atomic E-state index is 0.203. The van der Waals surface area contributed by atoms with E-state index in [1.165, 1.54) is 12.8 Å². The molecule has 0 aromatic carbocycles. The molecule has 0 bridgehead atoms. The fourth-order valence-corrected chi connectivity index (χ4v) is 3.07. The van der Waals surface area contributed by atoms with Gasteiger partial charge in [0.1, 0.15) is 0 Å². The monoisotopic (exact) mass is 238 g/mol. The second-order valence-corrected chi connectivity index (χ2v) is 6.16. The van der Waals surface area contributed by atoms with Crippen molar-refractivity contribution in [3.63, 3.8) is 0 Å². The molecule has 0 aromatic rings. The largest absolute Gasteiger partial charge is 0.342 e. The summed E-state index contributed by atoms with van der Waals surface area (Å²) in [6.45, 7) is 6.40. The van der Waals surface area contributed by atoms with Crippen LogP contribution in [0.4, 0.5) is 0 Å². The second-order valence-electron chi connectivity index (χ2n) is 6.16. The summed E-state index contributed by atoms with van der Waals surface area (Å²) in [4.78, 5) is 14.5. The maximum Gasteiger partial charge on any atom is 0.225 e. The van der Waals surface area contributed by atoms with E-state index < -0.39 is 0 Å². The Hall–Kier alpha value is -0.570. The van der Waals surface area contributed by atoms with Crippen LogP contribution in [0.25, 0.3) is 0 Å². The summed E-state index contributed by atoms with van der Waals surface area (Å²) in [5, 5.41) is 0. The van der Waals surface area contributed by atoms with Gasteiger partial charge in [0.25, 0.3) is 0 Å². The second kappa shape index (κ2) is 5.38. The van der Waals surface area contributed by atoms with E-state index in [4.69, 9.17) is 5.73 Å². The first kappa shape index (κ1) is 12.9. The number of hydrogen-bond donors (Lipinski definition) is 1. The zero-order chi connectivity index (χ0) is 12.4. The van der Waals surface area contributed by atoms with Crippen LogP contribution >= 0.6 is 0 Å². The molecule has 2 fully saturated rings. The molecule has 3 atom stereocenters. The van der Waals surface area contributed by atoms with Gasteiger partial charge in [-0.2, -0.15) is 0 Å². The third-order valence-corrected chi connectivity index (χ3v) is 4.70. The minimum Gasteiger partial charge on any atom is -0.342 e. The highest BCUT2D eigenvalue weighted by molar-refractivity contribution is 5.79. The standard InChI is InChI=1S/C14H26N2O/c1-10-5-7-16(8-6-10)14(17)12-4-3-11(2)13(15)9-12/h10-13H,3-9,15H2,1-2H3. The van der Waals surface area contributed by atoms with Crippen molar-refractivity contribution in [1.82, 2.24) is 4.90 Å². The maximum atomic E-state index is 12.4. The molecule has 98 valence electrons. The first-order chi connectivity index (χ1) is 8.08. The number of nitrogens with zero attached hydrogens (tertiary/aromatic N) is 1. The van der Waals surface area contributed by atoms with E-state index in [-0.39, 0.29) is 12.0 Å². The molecule has 0 spiro atoms. The molecule has 0 aromatic heterocycles. The fourth-order valence-electron chi connectivity index (χ4n) is 3.07. The minimum absolute atomic E-state index is 0.203. The Labute approximate surface area is 105 Å². The number of nitrogens with two attached hydrogens (primary N) is 1. The van der Waals surface area contributed by atoms with Crippen LogP contribution in [0.15, 0.2) is 0 Å². The highest BCUT2D eigenvalue weighted by atomic mass is 16.2. The van der Waals surface area contributed by atoms with Gasteiger partial charge in [0.2, 0.25) is 5.91 Å². The van der Waals surface area contributed by atoms with Gasteiger partial charge >= 0.3 is 0 Å². The molecule has 2 N–H and O–H groups in total. The first-order valence-electron chi connectivity index (χ1n) is 7.12. The lowest BCUT2D eigenvalue weighted by Gasteiger charge is -2.37. The number of piperidine rings is 1. The Balaban J connectivity index is 1.87. The van der Waals surface area contributed by atoms with Crippen LogP contribution in [0.1, 0.15) is 46.0 Å². The highest BCUT2D eigenvalue weighted by Gasteiger charge is 2.32. The van der Waals surface area contributed by atoms with Crippen molar-refractivity contribution in [2.24, 2.45) is 23.5 Å². The molecule has 2 rings (SSSR count). The van der Waals surface area contributed by atoms with Gasteiger partial charge in [0.05, 0.1) is 0 Å². The zero-order valence-corrected chi connectivity index (χ0v) is 11.2. The average Bonchev–Trinajstić information content (AvgIpc) is 2.33. The first-order valence-corrected chi connectivity index (χ1v) is 7.12. The van der Waals surface area contributed by atoms with Crippen LogP contribution in [-0.2, 0) is 4.79 Å². The quantitative estimate of drug-likeness (QED) is 0.759.